The Balaban J connectivity index is 2.76. The number of carboxylic acid groups (broad SMARTS) is 1. The first-order valence-corrected chi connectivity index (χ1v) is 3.85. The molecule has 0 aliphatic carbocycles. The number of imidazole rings is 1. The van der Waals surface area contributed by atoms with Gasteiger partial charge in [-0.15, -0.1) is 0 Å². The highest BCUT2D eigenvalue weighted by Gasteiger charge is 2.08. The fourth-order valence-corrected chi connectivity index (χ4v) is 1.32. The zero-order valence-corrected chi connectivity index (χ0v) is 7.03. The Morgan fingerprint density at radius 3 is 3.00 bits per heavy atom. The number of hydrogen-bond acceptors (Lipinski definition) is 2. The summed E-state index contributed by atoms with van der Waals surface area (Å²) in [6.07, 6.45) is 1.55. The Labute approximate surface area is 74.2 Å². The minimum absolute atomic E-state index is 0.305. The van der Waals surface area contributed by atoms with Gasteiger partial charge in [-0.3, -0.25) is 0 Å². The van der Waals surface area contributed by atoms with Gasteiger partial charge in [0.2, 0.25) is 0 Å². The van der Waals surface area contributed by atoms with Crippen molar-refractivity contribution in [2.24, 2.45) is 0 Å². The van der Waals surface area contributed by atoms with Crippen LogP contribution >= 0.6 is 0 Å². The van der Waals surface area contributed by atoms with Crippen molar-refractivity contribution < 1.29 is 9.90 Å². The molecule has 0 bridgehead atoms. The molecule has 66 valence electrons. The lowest BCUT2D eigenvalue weighted by molar-refractivity contribution is 0.0696. The van der Waals surface area contributed by atoms with Crippen LogP contribution in [0.25, 0.3) is 11.0 Å². The van der Waals surface area contributed by atoms with Crippen molar-refractivity contribution in [1.82, 2.24) is 9.97 Å². The Hall–Kier alpha value is -1.84. The summed E-state index contributed by atoms with van der Waals surface area (Å²) in [6.45, 7) is 1.77. The maximum absolute atomic E-state index is 10.7. The molecule has 0 atom stereocenters. The van der Waals surface area contributed by atoms with Gasteiger partial charge in [-0.1, -0.05) is 0 Å². The molecule has 0 aliphatic rings. The van der Waals surface area contributed by atoms with Gasteiger partial charge in [-0.2, -0.15) is 0 Å². The number of H-pyrrole nitrogens is 1. The smallest absolute Gasteiger partial charge is 0.336 e. The molecule has 1 aromatic carbocycles. The molecule has 0 amide bonds. The van der Waals surface area contributed by atoms with E-state index in [0.717, 1.165) is 11.1 Å². The van der Waals surface area contributed by atoms with E-state index in [2.05, 4.69) is 9.97 Å². The van der Waals surface area contributed by atoms with Crippen LogP contribution in [0, 0.1) is 6.92 Å². The standard InChI is InChI=1S/C9H8N2O2/c1-5-2-7-8(11-4-10-7)3-6(5)9(12)13/h2-4H,1H3,(H,10,11)(H,12,13). The molecule has 0 spiro atoms. The van der Waals surface area contributed by atoms with Gasteiger partial charge >= 0.3 is 5.97 Å². The number of hydrogen-bond donors (Lipinski definition) is 2. The lowest BCUT2D eigenvalue weighted by Gasteiger charge is -1.99. The van der Waals surface area contributed by atoms with Gasteiger partial charge in [0.25, 0.3) is 0 Å². The lowest BCUT2D eigenvalue weighted by atomic mass is 10.1. The molecule has 4 heteroatoms. The number of nitrogens with one attached hydrogen (secondary N) is 1. The van der Waals surface area contributed by atoms with Crippen LogP contribution in [0.2, 0.25) is 0 Å². The summed E-state index contributed by atoms with van der Waals surface area (Å²) in [5.74, 6) is -0.914. The summed E-state index contributed by atoms with van der Waals surface area (Å²) in [5, 5.41) is 8.82. The number of benzene rings is 1. The van der Waals surface area contributed by atoms with Crippen LogP contribution in [0.4, 0.5) is 0 Å². The fraction of sp³-hybridized carbons (Fsp3) is 0.111. The third-order valence-electron chi connectivity index (χ3n) is 2.00. The van der Waals surface area contributed by atoms with Gasteiger partial charge in [-0.25, -0.2) is 9.78 Å². The van der Waals surface area contributed by atoms with Gasteiger partial charge in [0.05, 0.1) is 22.9 Å². The molecular weight excluding hydrogens is 168 g/mol. The van der Waals surface area contributed by atoms with E-state index in [4.69, 9.17) is 5.11 Å². The van der Waals surface area contributed by atoms with Crippen LogP contribution in [0.3, 0.4) is 0 Å². The van der Waals surface area contributed by atoms with Crippen LogP contribution in [-0.2, 0) is 0 Å². The number of carboxylic acids is 1. The van der Waals surface area contributed by atoms with Crippen molar-refractivity contribution >= 4 is 17.0 Å². The van der Waals surface area contributed by atoms with Crippen LogP contribution in [0.5, 0.6) is 0 Å². The summed E-state index contributed by atoms with van der Waals surface area (Å²) in [6, 6.07) is 3.36. The molecule has 4 nitrogen and oxygen atoms in total. The molecule has 0 saturated heterocycles. The first-order chi connectivity index (χ1) is 6.18. The molecule has 0 radical (unpaired) electrons. The molecule has 0 fully saturated rings. The van der Waals surface area contributed by atoms with Crippen LogP contribution in [-0.4, -0.2) is 21.0 Å². The zero-order chi connectivity index (χ0) is 9.42. The minimum Gasteiger partial charge on any atom is -0.478 e. The van der Waals surface area contributed by atoms with E-state index in [0.29, 0.717) is 11.1 Å². The van der Waals surface area contributed by atoms with Crippen molar-refractivity contribution in [3.63, 3.8) is 0 Å². The Morgan fingerprint density at radius 1 is 1.54 bits per heavy atom. The van der Waals surface area contributed by atoms with Crippen molar-refractivity contribution in [2.45, 2.75) is 6.92 Å². The molecule has 2 N–H and O–H groups in total. The zero-order valence-electron chi connectivity index (χ0n) is 7.03. The lowest BCUT2D eigenvalue weighted by Crippen LogP contribution is -1.99. The van der Waals surface area contributed by atoms with E-state index in [1.807, 2.05) is 0 Å². The summed E-state index contributed by atoms with van der Waals surface area (Å²) >= 11 is 0. The topological polar surface area (TPSA) is 66.0 Å². The average Bonchev–Trinajstić information content (AvgIpc) is 2.48. The summed E-state index contributed by atoms with van der Waals surface area (Å²) in [4.78, 5) is 17.7. The summed E-state index contributed by atoms with van der Waals surface area (Å²) < 4.78 is 0. The number of aromatic amines is 1. The number of aryl methyl sites for hydroxylation is 1. The highest BCUT2D eigenvalue weighted by atomic mass is 16.4. The van der Waals surface area contributed by atoms with Gasteiger partial charge in [0, 0.05) is 0 Å². The van der Waals surface area contributed by atoms with Gasteiger partial charge in [0.15, 0.2) is 0 Å². The van der Waals surface area contributed by atoms with E-state index < -0.39 is 5.97 Å². The molecule has 2 aromatic rings. The van der Waals surface area contributed by atoms with E-state index in [-0.39, 0.29) is 0 Å². The summed E-state index contributed by atoms with van der Waals surface area (Å²) in [5.41, 5.74) is 2.59. The Morgan fingerprint density at radius 2 is 2.31 bits per heavy atom. The van der Waals surface area contributed by atoms with Crippen LogP contribution < -0.4 is 0 Å². The summed E-state index contributed by atoms with van der Waals surface area (Å²) in [7, 11) is 0. The number of nitrogens with zero attached hydrogens (tertiary/aromatic N) is 1. The third-order valence-corrected chi connectivity index (χ3v) is 2.00. The average molecular weight is 176 g/mol. The van der Waals surface area contributed by atoms with Gasteiger partial charge in [-0.05, 0) is 24.6 Å². The van der Waals surface area contributed by atoms with E-state index in [9.17, 15) is 4.79 Å². The number of carbonyl (C=O) groups is 1. The van der Waals surface area contributed by atoms with E-state index in [1.54, 1.807) is 25.4 Å². The largest absolute Gasteiger partial charge is 0.478 e. The second-order valence-corrected chi connectivity index (χ2v) is 2.89. The van der Waals surface area contributed by atoms with Crippen LogP contribution in [0.1, 0.15) is 15.9 Å². The molecule has 2 rings (SSSR count). The van der Waals surface area contributed by atoms with Gasteiger partial charge in [0.1, 0.15) is 0 Å². The fourth-order valence-electron chi connectivity index (χ4n) is 1.32. The van der Waals surface area contributed by atoms with Crippen molar-refractivity contribution in [2.75, 3.05) is 0 Å². The predicted octanol–water partition coefficient (Wildman–Crippen LogP) is 1.57. The highest BCUT2D eigenvalue weighted by molar-refractivity contribution is 5.94. The van der Waals surface area contributed by atoms with E-state index >= 15 is 0 Å². The van der Waals surface area contributed by atoms with Crippen molar-refractivity contribution in [1.29, 1.82) is 0 Å². The second-order valence-electron chi connectivity index (χ2n) is 2.89. The van der Waals surface area contributed by atoms with Crippen molar-refractivity contribution in [3.8, 4) is 0 Å². The maximum atomic E-state index is 10.7. The minimum atomic E-state index is -0.914. The monoisotopic (exact) mass is 176 g/mol. The molecule has 13 heavy (non-hydrogen) atoms. The first-order valence-electron chi connectivity index (χ1n) is 3.85. The normalized spacial score (nSPS) is 10.5. The molecule has 0 saturated carbocycles. The predicted molar refractivity (Wildman–Crippen MR) is 47.8 cm³/mol. The maximum Gasteiger partial charge on any atom is 0.336 e. The van der Waals surface area contributed by atoms with Crippen molar-refractivity contribution in [3.05, 3.63) is 29.6 Å². The second kappa shape index (κ2) is 2.58. The third kappa shape index (κ3) is 1.16. The van der Waals surface area contributed by atoms with Gasteiger partial charge < -0.3 is 10.1 Å². The number of aromatic nitrogens is 2. The number of aromatic carboxylic acids is 1. The highest BCUT2D eigenvalue weighted by Crippen LogP contribution is 2.16. The molecular formula is C9H8N2O2. The SMILES string of the molecule is Cc1cc2[nH]cnc2cc1C(=O)O. The van der Waals surface area contributed by atoms with E-state index in [1.165, 1.54) is 0 Å². The first kappa shape index (κ1) is 7.79. The van der Waals surface area contributed by atoms with Crippen LogP contribution in [0.15, 0.2) is 18.5 Å². The quantitative estimate of drug-likeness (QED) is 0.693. The molecule has 1 heterocycles. The Bertz CT molecular complexity index is 473. The number of rotatable bonds is 1. The molecule has 0 unspecified atom stereocenters. The Kier molecular flexibility index (Phi) is 1.55. The molecule has 1 aromatic heterocycles. The molecule has 0 aliphatic heterocycles. The number of fused-ring (bicyclic) bond motifs is 1.